The van der Waals surface area contributed by atoms with Crippen LogP contribution < -0.4 is 21.1 Å². The standard InChI is InChI=1S/C24H25ClFN7O/c1-34-21-5-4-14(7-18(21)26)19-8-15(20(10-29-19)32-6-2-3-16(27)12-32)11-33-13-31-22-23(33)17(25)9-30-24(22)28/h4-5,7-10,13,16H,2-3,6,11-12,27H2,1H3,(H2,28,30)/t16-/m1/s1. The second-order valence-electron chi connectivity index (χ2n) is 8.46. The van der Waals surface area contributed by atoms with Crippen LogP contribution >= 0.6 is 11.6 Å². The first-order valence-corrected chi connectivity index (χ1v) is 11.4. The Bertz CT molecular complexity index is 1360. The third-order valence-electron chi connectivity index (χ3n) is 6.18. The van der Waals surface area contributed by atoms with Crippen molar-refractivity contribution >= 4 is 34.1 Å². The summed E-state index contributed by atoms with van der Waals surface area (Å²) < 4.78 is 21.4. The van der Waals surface area contributed by atoms with E-state index < -0.39 is 5.82 Å². The largest absolute Gasteiger partial charge is 0.494 e. The monoisotopic (exact) mass is 481 g/mol. The van der Waals surface area contributed by atoms with E-state index in [-0.39, 0.29) is 11.8 Å². The molecule has 1 fully saturated rings. The number of piperidine rings is 1. The number of ether oxygens (including phenoxy) is 1. The van der Waals surface area contributed by atoms with Crippen LogP contribution in [0.4, 0.5) is 15.9 Å². The van der Waals surface area contributed by atoms with E-state index in [9.17, 15) is 4.39 Å². The summed E-state index contributed by atoms with van der Waals surface area (Å²) in [4.78, 5) is 15.4. The molecule has 34 heavy (non-hydrogen) atoms. The van der Waals surface area contributed by atoms with Crippen molar-refractivity contribution in [2.45, 2.75) is 25.4 Å². The number of rotatable bonds is 5. The van der Waals surface area contributed by atoms with Gasteiger partial charge in [0.25, 0.3) is 0 Å². The van der Waals surface area contributed by atoms with Gasteiger partial charge >= 0.3 is 0 Å². The highest BCUT2D eigenvalue weighted by atomic mass is 35.5. The molecule has 0 aliphatic carbocycles. The second-order valence-corrected chi connectivity index (χ2v) is 8.86. The predicted molar refractivity (Wildman–Crippen MR) is 132 cm³/mol. The van der Waals surface area contributed by atoms with Crippen molar-refractivity contribution < 1.29 is 9.13 Å². The number of pyridine rings is 2. The quantitative estimate of drug-likeness (QED) is 0.445. The number of hydrogen-bond acceptors (Lipinski definition) is 7. The number of benzene rings is 1. The van der Waals surface area contributed by atoms with Crippen LogP contribution in [0, 0.1) is 5.82 Å². The molecule has 1 aliphatic rings. The van der Waals surface area contributed by atoms with Crippen molar-refractivity contribution in [1.82, 2.24) is 19.5 Å². The fraction of sp³-hybridized carbons (Fsp3) is 0.292. The third kappa shape index (κ3) is 4.12. The van der Waals surface area contributed by atoms with E-state index in [1.807, 2.05) is 16.8 Å². The molecule has 4 aromatic rings. The van der Waals surface area contributed by atoms with E-state index in [4.69, 9.17) is 27.8 Å². The average molecular weight is 482 g/mol. The molecule has 0 bridgehead atoms. The lowest BCUT2D eigenvalue weighted by Crippen LogP contribution is -2.43. The SMILES string of the molecule is COc1ccc(-c2cc(Cn3cnc4c(N)ncc(Cl)c43)c(N3CCC[C@@H](N)C3)cn2)cc1F. The van der Waals surface area contributed by atoms with Crippen molar-refractivity contribution in [3.63, 3.8) is 0 Å². The Morgan fingerprint density at radius 3 is 2.82 bits per heavy atom. The van der Waals surface area contributed by atoms with Gasteiger partial charge in [-0.25, -0.2) is 14.4 Å². The van der Waals surface area contributed by atoms with Gasteiger partial charge in [-0.1, -0.05) is 11.6 Å². The fourth-order valence-corrected chi connectivity index (χ4v) is 4.73. The average Bonchev–Trinajstić information content (AvgIpc) is 3.26. The molecule has 3 aromatic heterocycles. The number of halogens is 2. The molecule has 4 N–H and O–H groups in total. The molecular weight excluding hydrogens is 457 g/mol. The van der Waals surface area contributed by atoms with Crippen LogP contribution in [0.3, 0.4) is 0 Å². The van der Waals surface area contributed by atoms with Crippen molar-refractivity contribution in [3.05, 3.63) is 59.4 Å². The second kappa shape index (κ2) is 9.08. The van der Waals surface area contributed by atoms with E-state index in [0.717, 1.165) is 37.2 Å². The van der Waals surface area contributed by atoms with Crippen LogP contribution in [-0.4, -0.2) is 45.8 Å². The highest BCUT2D eigenvalue weighted by Crippen LogP contribution is 2.32. The normalized spacial score (nSPS) is 16.2. The van der Waals surface area contributed by atoms with Gasteiger partial charge in [0, 0.05) is 24.7 Å². The van der Waals surface area contributed by atoms with E-state index >= 15 is 0 Å². The smallest absolute Gasteiger partial charge is 0.165 e. The van der Waals surface area contributed by atoms with Crippen LogP contribution in [0.15, 0.2) is 43.0 Å². The molecule has 0 amide bonds. The van der Waals surface area contributed by atoms with Gasteiger partial charge in [0.15, 0.2) is 17.4 Å². The summed E-state index contributed by atoms with van der Waals surface area (Å²) in [6, 6.07) is 6.90. The molecule has 1 saturated heterocycles. The summed E-state index contributed by atoms with van der Waals surface area (Å²) in [5.41, 5.74) is 16.8. The van der Waals surface area contributed by atoms with Crippen LogP contribution in [0.25, 0.3) is 22.3 Å². The Balaban J connectivity index is 1.60. The summed E-state index contributed by atoms with van der Waals surface area (Å²) in [5.74, 6) is 0.0721. The Morgan fingerprint density at radius 1 is 1.21 bits per heavy atom. The van der Waals surface area contributed by atoms with Gasteiger partial charge in [0.1, 0.15) is 5.52 Å². The zero-order valence-corrected chi connectivity index (χ0v) is 19.5. The number of aromatic nitrogens is 4. The minimum Gasteiger partial charge on any atom is -0.494 e. The summed E-state index contributed by atoms with van der Waals surface area (Å²) in [7, 11) is 1.44. The van der Waals surface area contributed by atoms with E-state index in [0.29, 0.717) is 39.7 Å². The Morgan fingerprint density at radius 2 is 2.06 bits per heavy atom. The summed E-state index contributed by atoms with van der Waals surface area (Å²) in [6.07, 6.45) is 7.07. The molecule has 0 saturated carbocycles. The molecule has 1 aromatic carbocycles. The first-order valence-electron chi connectivity index (χ1n) is 11.0. The Labute approximate surface area is 201 Å². The van der Waals surface area contributed by atoms with Gasteiger partial charge in [-0.2, -0.15) is 0 Å². The number of nitrogen functional groups attached to an aromatic ring is 1. The maximum atomic E-state index is 14.4. The van der Waals surface area contributed by atoms with Crippen molar-refractivity contribution in [1.29, 1.82) is 0 Å². The summed E-state index contributed by atoms with van der Waals surface area (Å²) in [5, 5.41) is 0.467. The molecule has 0 radical (unpaired) electrons. The van der Waals surface area contributed by atoms with Crippen LogP contribution in [-0.2, 0) is 6.54 Å². The molecule has 1 atom stereocenters. The van der Waals surface area contributed by atoms with E-state index in [2.05, 4.69) is 19.9 Å². The predicted octanol–water partition coefficient (Wildman–Crippen LogP) is 3.85. The third-order valence-corrected chi connectivity index (χ3v) is 6.45. The fourth-order valence-electron chi connectivity index (χ4n) is 4.49. The van der Waals surface area contributed by atoms with Gasteiger partial charge in [0.05, 0.1) is 54.3 Å². The van der Waals surface area contributed by atoms with Crippen molar-refractivity contribution in [2.75, 3.05) is 30.8 Å². The lowest BCUT2D eigenvalue weighted by Gasteiger charge is -2.34. The number of anilines is 2. The van der Waals surface area contributed by atoms with E-state index in [1.165, 1.54) is 19.4 Å². The topological polar surface area (TPSA) is 108 Å². The van der Waals surface area contributed by atoms with Crippen molar-refractivity contribution in [2.24, 2.45) is 5.73 Å². The molecule has 4 heterocycles. The molecule has 0 spiro atoms. The zero-order valence-electron chi connectivity index (χ0n) is 18.7. The summed E-state index contributed by atoms with van der Waals surface area (Å²) >= 11 is 6.45. The first kappa shape index (κ1) is 22.4. The molecule has 176 valence electrons. The lowest BCUT2D eigenvalue weighted by atomic mass is 10.0. The van der Waals surface area contributed by atoms with Gasteiger partial charge in [-0.3, -0.25) is 4.98 Å². The maximum Gasteiger partial charge on any atom is 0.165 e. The van der Waals surface area contributed by atoms with Crippen LogP contribution in [0.2, 0.25) is 5.02 Å². The first-order chi connectivity index (χ1) is 16.4. The summed E-state index contributed by atoms with van der Waals surface area (Å²) in [6.45, 7) is 2.10. The van der Waals surface area contributed by atoms with Gasteiger partial charge in [-0.15, -0.1) is 0 Å². The number of nitrogens with zero attached hydrogens (tertiary/aromatic N) is 5. The van der Waals surface area contributed by atoms with Gasteiger partial charge in [0.2, 0.25) is 0 Å². The number of nitrogens with two attached hydrogens (primary N) is 2. The van der Waals surface area contributed by atoms with Crippen LogP contribution in [0.5, 0.6) is 5.75 Å². The molecule has 0 unspecified atom stereocenters. The van der Waals surface area contributed by atoms with Crippen molar-refractivity contribution in [3.8, 4) is 17.0 Å². The minimum atomic E-state index is -0.440. The van der Waals surface area contributed by atoms with E-state index in [1.54, 1.807) is 18.5 Å². The number of imidazole rings is 1. The number of fused-ring (bicyclic) bond motifs is 1. The molecule has 10 heteroatoms. The molecular formula is C24H25ClFN7O. The Hall–Kier alpha value is -3.43. The Kier molecular flexibility index (Phi) is 5.97. The maximum absolute atomic E-state index is 14.4. The molecule has 5 rings (SSSR count). The van der Waals surface area contributed by atoms with Gasteiger partial charge in [-0.05, 0) is 42.7 Å². The minimum absolute atomic E-state index is 0.103. The zero-order chi connectivity index (χ0) is 23.8. The molecule has 1 aliphatic heterocycles. The highest BCUT2D eigenvalue weighted by molar-refractivity contribution is 6.35. The molecule has 8 nitrogen and oxygen atoms in total. The number of methoxy groups -OCH3 is 1. The van der Waals surface area contributed by atoms with Crippen LogP contribution in [0.1, 0.15) is 18.4 Å². The highest BCUT2D eigenvalue weighted by Gasteiger charge is 2.21. The number of hydrogen-bond donors (Lipinski definition) is 2. The van der Waals surface area contributed by atoms with Gasteiger partial charge < -0.3 is 25.7 Å². The lowest BCUT2D eigenvalue weighted by molar-refractivity contribution is 0.386.